The minimum atomic E-state index is -1.15. The third-order valence-electron chi connectivity index (χ3n) is 5.52. The highest BCUT2D eigenvalue weighted by Gasteiger charge is 2.49. The zero-order valence-electron chi connectivity index (χ0n) is 18.5. The lowest BCUT2D eigenvalue weighted by molar-refractivity contribution is -0.224. The third-order valence-corrected chi connectivity index (χ3v) is 5.77. The Balaban J connectivity index is 1.90. The molecule has 3 aromatic rings. The maximum Gasteiger partial charge on any atom is 0.150 e. The van der Waals surface area contributed by atoms with Crippen LogP contribution in [0.3, 0.4) is 0 Å². The monoisotopic (exact) mass is 441 g/mol. The van der Waals surface area contributed by atoms with Gasteiger partial charge in [-0.3, -0.25) is 9.55 Å². The molecule has 164 valence electrons. The van der Waals surface area contributed by atoms with Crippen molar-refractivity contribution in [3.05, 3.63) is 59.6 Å². The Morgan fingerprint density at radius 2 is 1.71 bits per heavy atom. The molecule has 1 fully saturated rings. The van der Waals surface area contributed by atoms with Crippen molar-refractivity contribution in [1.82, 2.24) is 14.5 Å². The minimum absolute atomic E-state index is 0.435. The molecular formula is C24H28ClN3O3. The molecule has 0 spiro atoms. The number of nitrogens with zero attached hydrogens (tertiary/aromatic N) is 3. The summed E-state index contributed by atoms with van der Waals surface area (Å²) in [6.45, 7) is 8.00. The molecule has 0 saturated carbocycles. The van der Waals surface area contributed by atoms with Crippen LogP contribution in [0, 0.1) is 0 Å². The Morgan fingerprint density at radius 1 is 1.06 bits per heavy atom. The van der Waals surface area contributed by atoms with E-state index in [1.165, 1.54) is 0 Å². The van der Waals surface area contributed by atoms with Gasteiger partial charge in [-0.1, -0.05) is 11.6 Å². The number of hydrogen-bond donors (Lipinski definition) is 1. The van der Waals surface area contributed by atoms with E-state index < -0.39 is 16.8 Å². The first-order valence-corrected chi connectivity index (χ1v) is 10.7. The summed E-state index contributed by atoms with van der Waals surface area (Å²) < 4.78 is 13.7. The molecule has 0 unspecified atom stereocenters. The minimum Gasteiger partial charge on any atom is -0.496 e. The predicted molar refractivity (Wildman–Crippen MR) is 121 cm³/mol. The normalized spacial score (nSPS) is 19.2. The molecule has 1 N–H and O–H groups in total. The second kappa shape index (κ2) is 7.62. The fourth-order valence-corrected chi connectivity index (χ4v) is 4.92. The van der Waals surface area contributed by atoms with E-state index in [4.69, 9.17) is 26.1 Å². The second-order valence-electron chi connectivity index (χ2n) is 9.38. The van der Waals surface area contributed by atoms with Crippen LogP contribution in [0.5, 0.6) is 5.75 Å². The second-order valence-corrected chi connectivity index (χ2v) is 9.82. The van der Waals surface area contributed by atoms with Crippen LogP contribution in [0.1, 0.15) is 46.2 Å². The first kappa shape index (κ1) is 21.8. The van der Waals surface area contributed by atoms with Gasteiger partial charge in [0.2, 0.25) is 0 Å². The van der Waals surface area contributed by atoms with Gasteiger partial charge in [-0.2, -0.15) is 0 Å². The Bertz CT molecular complexity index is 1070. The lowest BCUT2D eigenvalue weighted by Crippen LogP contribution is -2.52. The fraction of sp³-hybridized carbons (Fsp3) is 0.417. The number of benzene rings is 1. The van der Waals surface area contributed by atoms with Crippen LogP contribution in [0.4, 0.5) is 0 Å². The van der Waals surface area contributed by atoms with E-state index in [0.717, 1.165) is 11.3 Å². The quantitative estimate of drug-likeness (QED) is 0.606. The average molecular weight is 442 g/mol. The molecule has 1 aromatic carbocycles. The van der Waals surface area contributed by atoms with Gasteiger partial charge in [-0.25, -0.2) is 4.98 Å². The smallest absolute Gasteiger partial charge is 0.150 e. The largest absolute Gasteiger partial charge is 0.496 e. The summed E-state index contributed by atoms with van der Waals surface area (Å²) in [4.78, 5) is 9.19. The number of imidazole rings is 1. The van der Waals surface area contributed by atoms with Crippen molar-refractivity contribution in [3.63, 3.8) is 0 Å². The molecule has 6 nitrogen and oxygen atoms in total. The summed E-state index contributed by atoms with van der Waals surface area (Å²) in [6, 6.07) is 9.29. The zero-order valence-corrected chi connectivity index (χ0v) is 19.3. The molecule has 1 saturated heterocycles. The van der Waals surface area contributed by atoms with Crippen molar-refractivity contribution >= 4 is 11.6 Å². The Kier molecular flexibility index (Phi) is 5.36. The van der Waals surface area contributed by atoms with Gasteiger partial charge in [0.05, 0.1) is 29.6 Å². The molecule has 3 heterocycles. The molecule has 7 heteroatoms. The lowest BCUT2D eigenvalue weighted by Gasteiger charge is -2.49. The van der Waals surface area contributed by atoms with Crippen molar-refractivity contribution < 1.29 is 14.6 Å². The van der Waals surface area contributed by atoms with Crippen molar-refractivity contribution in [2.45, 2.75) is 57.3 Å². The summed E-state index contributed by atoms with van der Waals surface area (Å²) in [5, 5.41) is 12.4. The van der Waals surface area contributed by atoms with Gasteiger partial charge in [0.15, 0.2) is 0 Å². The van der Waals surface area contributed by atoms with Gasteiger partial charge in [0, 0.05) is 42.1 Å². The van der Waals surface area contributed by atoms with Crippen LogP contribution >= 0.6 is 11.6 Å². The molecular weight excluding hydrogens is 414 g/mol. The summed E-state index contributed by atoms with van der Waals surface area (Å²) >= 11 is 6.11. The number of aliphatic hydroxyl groups is 1. The topological polar surface area (TPSA) is 69.4 Å². The highest BCUT2D eigenvalue weighted by atomic mass is 35.5. The van der Waals surface area contributed by atoms with E-state index in [9.17, 15) is 5.11 Å². The Hall–Kier alpha value is -2.41. The molecule has 1 aliphatic rings. The van der Waals surface area contributed by atoms with Crippen LogP contribution in [-0.2, 0) is 10.3 Å². The number of rotatable bonds is 4. The highest BCUT2D eigenvalue weighted by Crippen LogP contribution is 2.46. The van der Waals surface area contributed by atoms with Crippen molar-refractivity contribution in [2.24, 2.45) is 0 Å². The standard InChI is InChI=1S/C24H28ClN3O3/c1-22(2)14-24(29,15-23(3,4)31-22)20-13-28(17-8-6-16(25)7-9-17)21(27-20)18-12-26-11-10-19(18)30-5/h6-13,29H,14-15H2,1-5H3. The van der Waals surface area contributed by atoms with Gasteiger partial charge in [-0.15, -0.1) is 0 Å². The van der Waals surface area contributed by atoms with Crippen molar-refractivity contribution in [3.8, 4) is 22.8 Å². The zero-order chi connectivity index (χ0) is 22.4. The molecule has 4 rings (SSSR count). The van der Waals surface area contributed by atoms with E-state index in [2.05, 4.69) is 4.98 Å². The summed E-state index contributed by atoms with van der Waals surface area (Å²) in [5.41, 5.74) is 0.0680. The Morgan fingerprint density at radius 3 is 2.32 bits per heavy atom. The van der Waals surface area contributed by atoms with E-state index in [0.29, 0.717) is 35.1 Å². The van der Waals surface area contributed by atoms with Crippen LogP contribution in [0.25, 0.3) is 17.1 Å². The molecule has 0 aliphatic carbocycles. The fourth-order valence-electron chi connectivity index (χ4n) is 4.79. The number of aromatic nitrogens is 3. The average Bonchev–Trinajstić information content (AvgIpc) is 3.12. The molecule has 2 aromatic heterocycles. The first-order valence-electron chi connectivity index (χ1n) is 10.3. The van der Waals surface area contributed by atoms with Crippen LogP contribution in [0.15, 0.2) is 48.9 Å². The molecule has 0 radical (unpaired) electrons. The molecule has 1 aliphatic heterocycles. The van der Waals surface area contributed by atoms with E-state index >= 15 is 0 Å². The number of halogens is 1. The number of methoxy groups -OCH3 is 1. The highest BCUT2D eigenvalue weighted by molar-refractivity contribution is 6.30. The Labute approximate surface area is 187 Å². The summed E-state index contributed by atoms with van der Waals surface area (Å²) in [7, 11) is 1.62. The number of pyridine rings is 1. The number of hydrogen-bond acceptors (Lipinski definition) is 5. The van der Waals surface area contributed by atoms with E-state index in [1.807, 2.05) is 62.7 Å². The van der Waals surface area contributed by atoms with Crippen LogP contribution in [-0.4, -0.2) is 38.0 Å². The van der Waals surface area contributed by atoms with Gasteiger partial charge >= 0.3 is 0 Å². The predicted octanol–water partition coefficient (Wildman–Crippen LogP) is 5.15. The maximum absolute atomic E-state index is 11.8. The van der Waals surface area contributed by atoms with E-state index in [1.54, 1.807) is 25.6 Å². The molecule has 0 amide bonds. The van der Waals surface area contributed by atoms with Crippen LogP contribution in [0.2, 0.25) is 5.02 Å². The van der Waals surface area contributed by atoms with E-state index in [-0.39, 0.29) is 0 Å². The third kappa shape index (κ3) is 4.33. The van der Waals surface area contributed by atoms with Crippen molar-refractivity contribution in [1.29, 1.82) is 0 Å². The van der Waals surface area contributed by atoms with Crippen molar-refractivity contribution in [2.75, 3.05) is 7.11 Å². The first-order chi connectivity index (χ1) is 14.5. The molecule has 31 heavy (non-hydrogen) atoms. The van der Waals surface area contributed by atoms with Gasteiger partial charge < -0.3 is 14.6 Å². The maximum atomic E-state index is 11.8. The molecule has 0 bridgehead atoms. The van der Waals surface area contributed by atoms with Crippen LogP contribution < -0.4 is 4.74 Å². The van der Waals surface area contributed by atoms with Gasteiger partial charge in [0.1, 0.15) is 17.2 Å². The molecule has 0 atom stereocenters. The summed E-state index contributed by atoms with van der Waals surface area (Å²) in [5.74, 6) is 1.29. The number of ether oxygens (including phenoxy) is 2. The summed E-state index contributed by atoms with van der Waals surface area (Å²) in [6.07, 6.45) is 6.16. The van der Waals surface area contributed by atoms with Gasteiger partial charge in [-0.05, 0) is 58.0 Å². The SMILES string of the molecule is COc1ccncc1-c1nc(C2(O)CC(C)(C)OC(C)(C)C2)cn1-c1ccc(Cl)cc1. The van der Waals surface area contributed by atoms with Gasteiger partial charge in [0.25, 0.3) is 0 Å². The lowest BCUT2D eigenvalue weighted by atomic mass is 9.76.